The smallest absolute Gasteiger partial charge is 0.331 e. The average Bonchev–Trinajstić information content (AvgIpc) is 3.00. The van der Waals surface area contributed by atoms with E-state index in [1.54, 1.807) is 49.6 Å². The van der Waals surface area contributed by atoms with Gasteiger partial charge in [-0.2, -0.15) is 0 Å². The number of methoxy groups -OCH3 is 2. The Morgan fingerprint density at radius 3 is 2.55 bits per heavy atom. The van der Waals surface area contributed by atoms with Gasteiger partial charge >= 0.3 is 5.97 Å². The lowest BCUT2D eigenvalue weighted by Gasteiger charge is -2.09. The molecule has 0 atom stereocenters. The zero-order valence-electron chi connectivity index (χ0n) is 16.3. The molecule has 0 aliphatic carbocycles. The van der Waals surface area contributed by atoms with Crippen molar-refractivity contribution in [2.45, 2.75) is 6.42 Å². The molecule has 0 bridgehead atoms. The third kappa shape index (κ3) is 5.28. The zero-order valence-corrected chi connectivity index (χ0v) is 16.3. The molecule has 0 saturated heterocycles. The number of carbonyl (C=O) groups is 2. The number of fused-ring (bicyclic) bond motifs is 1. The largest absolute Gasteiger partial charge is 0.497 e. The van der Waals surface area contributed by atoms with Crippen molar-refractivity contribution >= 4 is 17.8 Å². The van der Waals surface area contributed by atoms with Gasteiger partial charge in [-0.15, -0.1) is 0 Å². The molecule has 0 saturated carbocycles. The van der Waals surface area contributed by atoms with E-state index in [4.69, 9.17) is 23.7 Å². The normalized spacial score (nSPS) is 12.9. The molecule has 0 spiro atoms. The molecule has 29 heavy (non-hydrogen) atoms. The Bertz CT molecular complexity index is 917. The second-order valence-electron chi connectivity index (χ2n) is 6.18. The molecule has 0 radical (unpaired) electrons. The van der Waals surface area contributed by atoms with Crippen LogP contribution in [0.5, 0.6) is 23.0 Å². The second kappa shape index (κ2) is 9.64. The molecule has 7 heteroatoms. The van der Waals surface area contributed by atoms with Gasteiger partial charge in [-0.05, 0) is 36.4 Å². The Morgan fingerprint density at radius 1 is 1.00 bits per heavy atom. The highest BCUT2D eigenvalue weighted by atomic mass is 16.5. The van der Waals surface area contributed by atoms with E-state index in [1.807, 2.05) is 0 Å². The molecule has 0 aromatic heterocycles. The third-order valence-electron chi connectivity index (χ3n) is 4.25. The van der Waals surface area contributed by atoms with Crippen LogP contribution in [0.4, 0.5) is 0 Å². The summed E-state index contributed by atoms with van der Waals surface area (Å²) in [6.07, 6.45) is 3.57. The van der Waals surface area contributed by atoms with Crippen molar-refractivity contribution in [2.24, 2.45) is 0 Å². The summed E-state index contributed by atoms with van der Waals surface area (Å²) in [5.41, 5.74) is 1.07. The van der Waals surface area contributed by atoms with Crippen LogP contribution in [0.25, 0.3) is 6.08 Å². The average molecular weight is 398 g/mol. The van der Waals surface area contributed by atoms with Crippen LogP contribution in [0.15, 0.2) is 42.5 Å². The maximum Gasteiger partial charge on any atom is 0.331 e. The molecule has 152 valence electrons. The van der Waals surface area contributed by atoms with Gasteiger partial charge in [-0.25, -0.2) is 4.79 Å². The topological polar surface area (TPSA) is 80.3 Å². The Kier molecular flexibility index (Phi) is 6.73. The van der Waals surface area contributed by atoms with E-state index in [-0.39, 0.29) is 12.4 Å². The van der Waals surface area contributed by atoms with E-state index in [0.717, 1.165) is 6.42 Å². The van der Waals surface area contributed by atoms with Crippen LogP contribution in [-0.2, 0) is 9.53 Å². The quantitative estimate of drug-likeness (QED) is 0.402. The SMILES string of the molecule is COc1ccc(/C=C/C(=O)OCC(=O)c2ccc3c(c2)OCCCO3)c(OC)c1. The fourth-order valence-corrected chi connectivity index (χ4v) is 2.72. The number of rotatable bonds is 7. The Hall–Kier alpha value is -3.48. The van der Waals surface area contributed by atoms with Crippen LogP contribution < -0.4 is 18.9 Å². The van der Waals surface area contributed by atoms with Gasteiger partial charge in [0.05, 0.1) is 27.4 Å². The van der Waals surface area contributed by atoms with Crippen molar-refractivity contribution in [1.82, 2.24) is 0 Å². The van der Waals surface area contributed by atoms with E-state index in [0.29, 0.717) is 47.3 Å². The first-order valence-corrected chi connectivity index (χ1v) is 9.10. The first-order valence-electron chi connectivity index (χ1n) is 9.10. The molecular weight excluding hydrogens is 376 g/mol. The lowest BCUT2D eigenvalue weighted by Crippen LogP contribution is -2.12. The Labute approximate surface area is 168 Å². The van der Waals surface area contributed by atoms with E-state index < -0.39 is 5.97 Å². The second-order valence-corrected chi connectivity index (χ2v) is 6.18. The molecule has 2 aromatic rings. The van der Waals surface area contributed by atoms with Gasteiger partial charge in [0.15, 0.2) is 23.9 Å². The van der Waals surface area contributed by atoms with Crippen LogP contribution in [-0.4, -0.2) is 45.8 Å². The van der Waals surface area contributed by atoms with E-state index in [2.05, 4.69) is 0 Å². The number of benzene rings is 2. The summed E-state index contributed by atoms with van der Waals surface area (Å²) < 4.78 is 26.6. The van der Waals surface area contributed by atoms with Crippen LogP contribution >= 0.6 is 0 Å². The van der Waals surface area contributed by atoms with Gasteiger partial charge in [0.1, 0.15) is 11.5 Å². The maximum atomic E-state index is 12.3. The number of hydrogen-bond donors (Lipinski definition) is 0. The Morgan fingerprint density at radius 2 is 1.79 bits per heavy atom. The summed E-state index contributed by atoms with van der Waals surface area (Å²) in [5, 5.41) is 0. The van der Waals surface area contributed by atoms with E-state index >= 15 is 0 Å². The standard InChI is InChI=1S/C22H22O7/c1-25-17-7-4-15(20(13-17)26-2)6-9-22(24)29-14-18(23)16-5-8-19-21(12-16)28-11-3-10-27-19/h4-9,12-13H,3,10-11,14H2,1-2H3/b9-6+. The molecule has 1 aliphatic rings. The van der Waals surface area contributed by atoms with Gasteiger partial charge in [0, 0.05) is 29.7 Å². The van der Waals surface area contributed by atoms with Crippen molar-refractivity contribution in [2.75, 3.05) is 34.0 Å². The van der Waals surface area contributed by atoms with Gasteiger partial charge in [0.25, 0.3) is 0 Å². The summed E-state index contributed by atoms with van der Waals surface area (Å²) in [4.78, 5) is 24.3. The highest BCUT2D eigenvalue weighted by Crippen LogP contribution is 2.30. The minimum Gasteiger partial charge on any atom is -0.497 e. The summed E-state index contributed by atoms with van der Waals surface area (Å²) in [5.74, 6) is 1.35. The molecule has 7 nitrogen and oxygen atoms in total. The van der Waals surface area contributed by atoms with Crippen LogP contribution in [0, 0.1) is 0 Å². The number of carbonyl (C=O) groups excluding carboxylic acids is 2. The molecule has 1 aliphatic heterocycles. The van der Waals surface area contributed by atoms with Crippen molar-refractivity contribution in [1.29, 1.82) is 0 Å². The highest BCUT2D eigenvalue weighted by Gasteiger charge is 2.15. The molecular formula is C22H22O7. The summed E-state index contributed by atoms with van der Waals surface area (Å²) in [6, 6.07) is 10.1. The number of hydrogen-bond acceptors (Lipinski definition) is 7. The lowest BCUT2D eigenvalue weighted by atomic mass is 10.1. The Balaban J connectivity index is 1.58. The number of ether oxygens (including phenoxy) is 5. The number of esters is 1. The van der Waals surface area contributed by atoms with Crippen molar-refractivity contribution in [3.8, 4) is 23.0 Å². The number of ketones is 1. The molecule has 0 fully saturated rings. The summed E-state index contributed by atoms with van der Waals surface area (Å²) in [6.45, 7) is 0.727. The monoisotopic (exact) mass is 398 g/mol. The minimum atomic E-state index is -0.634. The minimum absolute atomic E-state index is 0.329. The fourth-order valence-electron chi connectivity index (χ4n) is 2.72. The van der Waals surface area contributed by atoms with Gasteiger partial charge in [-0.3, -0.25) is 4.79 Å². The first-order chi connectivity index (χ1) is 14.1. The van der Waals surface area contributed by atoms with Crippen LogP contribution in [0.3, 0.4) is 0 Å². The van der Waals surface area contributed by atoms with E-state index in [9.17, 15) is 9.59 Å². The molecule has 0 unspecified atom stereocenters. The van der Waals surface area contributed by atoms with Gasteiger partial charge in [0.2, 0.25) is 0 Å². The highest BCUT2D eigenvalue weighted by molar-refractivity contribution is 5.99. The third-order valence-corrected chi connectivity index (χ3v) is 4.25. The maximum absolute atomic E-state index is 12.3. The molecule has 0 amide bonds. The summed E-state index contributed by atoms with van der Waals surface area (Å²) >= 11 is 0. The predicted molar refractivity (Wildman–Crippen MR) is 106 cm³/mol. The van der Waals surface area contributed by atoms with Crippen molar-refractivity contribution < 1.29 is 33.3 Å². The van der Waals surface area contributed by atoms with Crippen LogP contribution in [0.2, 0.25) is 0 Å². The molecule has 2 aromatic carbocycles. The van der Waals surface area contributed by atoms with Gasteiger partial charge in [-0.1, -0.05) is 0 Å². The molecule has 3 rings (SSSR count). The van der Waals surface area contributed by atoms with E-state index in [1.165, 1.54) is 13.2 Å². The zero-order chi connectivity index (χ0) is 20.6. The van der Waals surface area contributed by atoms with Gasteiger partial charge < -0.3 is 23.7 Å². The summed E-state index contributed by atoms with van der Waals surface area (Å²) in [7, 11) is 3.08. The number of Topliss-reactive ketones (excluding diaryl/α,β-unsaturated/α-hetero) is 1. The van der Waals surface area contributed by atoms with Crippen molar-refractivity contribution in [3.05, 3.63) is 53.6 Å². The molecule has 0 N–H and O–H groups in total. The first kappa shape index (κ1) is 20.3. The van der Waals surface area contributed by atoms with Crippen LogP contribution in [0.1, 0.15) is 22.3 Å². The van der Waals surface area contributed by atoms with Crippen molar-refractivity contribution in [3.63, 3.8) is 0 Å². The predicted octanol–water partition coefficient (Wildman–Crippen LogP) is 3.30. The fraction of sp³-hybridized carbons (Fsp3) is 0.273. The molecule has 1 heterocycles. The lowest BCUT2D eigenvalue weighted by molar-refractivity contribution is -0.136.